The fourth-order valence-corrected chi connectivity index (χ4v) is 3.17. The molecule has 0 radical (unpaired) electrons. The van der Waals surface area contributed by atoms with E-state index in [1.165, 1.54) is 22.3 Å². The summed E-state index contributed by atoms with van der Waals surface area (Å²) in [5, 5.41) is 4.51. The average Bonchev–Trinajstić information content (AvgIpc) is 2.52. The molecule has 2 N–H and O–H groups in total. The third-order valence-corrected chi connectivity index (χ3v) is 4.38. The van der Waals surface area contributed by atoms with Gasteiger partial charge in [0.2, 0.25) is 0 Å². The van der Waals surface area contributed by atoms with E-state index in [0.717, 1.165) is 29.4 Å². The summed E-state index contributed by atoms with van der Waals surface area (Å²) in [4.78, 5) is 15.3. The predicted octanol–water partition coefficient (Wildman–Crippen LogP) is 3.79. The van der Waals surface area contributed by atoms with Crippen LogP contribution < -0.4 is 10.9 Å². The minimum Gasteiger partial charge on any atom is -0.322 e. The molecule has 0 bridgehead atoms. The molecule has 0 aliphatic carbocycles. The monoisotopic (exact) mass is 320 g/mol. The van der Waals surface area contributed by atoms with Crippen LogP contribution >= 0.6 is 0 Å². The number of aromatic amines is 1. The molecule has 1 heterocycles. The van der Waals surface area contributed by atoms with Gasteiger partial charge < -0.3 is 10.3 Å². The van der Waals surface area contributed by atoms with E-state index >= 15 is 0 Å². The largest absolute Gasteiger partial charge is 0.322 e. The molecule has 3 heteroatoms. The molecule has 0 saturated carbocycles. The lowest BCUT2D eigenvalue weighted by Crippen LogP contribution is -2.23. The number of hydrogen-bond acceptors (Lipinski definition) is 2. The van der Waals surface area contributed by atoms with Crippen LogP contribution in [0, 0.1) is 20.8 Å². The van der Waals surface area contributed by atoms with Gasteiger partial charge in [-0.1, -0.05) is 35.9 Å². The van der Waals surface area contributed by atoms with E-state index in [9.17, 15) is 4.79 Å². The lowest BCUT2D eigenvalue weighted by Gasteiger charge is -2.09. The van der Waals surface area contributed by atoms with Crippen LogP contribution in [-0.2, 0) is 13.0 Å². The Labute approximate surface area is 142 Å². The van der Waals surface area contributed by atoms with Gasteiger partial charge in [0.15, 0.2) is 0 Å². The number of H-pyrrole nitrogens is 1. The zero-order chi connectivity index (χ0) is 17.1. The first-order chi connectivity index (χ1) is 11.5. The molecule has 0 amide bonds. The number of rotatable bonds is 5. The zero-order valence-electron chi connectivity index (χ0n) is 14.6. The van der Waals surface area contributed by atoms with Crippen LogP contribution in [0.1, 0.15) is 27.8 Å². The maximum atomic E-state index is 12.3. The van der Waals surface area contributed by atoms with Gasteiger partial charge in [-0.25, -0.2) is 0 Å². The molecular weight excluding hydrogens is 296 g/mol. The van der Waals surface area contributed by atoms with Crippen molar-refractivity contribution in [2.45, 2.75) is 33.7 Å². The summed E-state index contributed by atoms with van der Waals surface area (Å²) in [6.45, 7) is 7.68. The van der Waals surface area contributed by atoms with Gasteiger partial charge in [-0.2, -0.15) is 0 Å². The Bertz CT molecular complexity index is 925. The van der Waals surface area contributed by atoms with E-state index < -0.39 is 0 Å². The summed E-state index contributed by atoms with van der Waals surface area (Å²) in [6, 6.07) is 14.7. The molecule has 2 aromatic carbocycles. The first-order valence-corrected chi connectivity index (χ1v) is 8.42. The van der Waals surface area contributed by atoms with Crippen molar-refractivity contribution in [2.24, 2.45) is 0 Å². The van der Waals surface area contributed by atoms with Crippen molar-refractivity contribution in [3.8, 4) is 0 Å². The van der Waals surface area contributed by atoms with E-state index in [1.807, 2.05) is 19.1 Å². The first kappa shape index (κ1) is 16.5. The maximum Gasteiger partial charge on any atom is 0.252 e. The van der Waals surface area contributed by atoms with Crippen LogP contribution in [0.5, 0.6) is 0 Å². The second-order valence-electron chi connectivity index (χ2n) is 6.58. The van der Waals surface area contributed by atoms with Crippen molar-refractivity contribution in [1.82, 2.24) is 10.3 Å². The Morgan fingerprint density at radius 2 is 1.83 bits per heavy atom. The molecule has 3 nitrogen and oxygen atoms in total. The Hall–Kier alpha value is -2.39. The molecule has 0 unspecified atom stereocenters. The van der Waals surface area contributed by atoms with Crippen molar-refractivity contribution in [3.63, 3.8) is 0 Å². The molecule has 0 atom stereocenters. The van der Waals surface area contributed by atoms with Gasteiger partial charge in [-0.3, -0.25) is 4.79 Å². The zero-order valence-corrected chi connectivity index (χ0v) is 14.6. The molecule has 0 saturated heterocycles. The van der Waals surface area contributed by atoms with Crippen LogP contribution in [0.25, 0.3) is 10.9 Å². The number of hydrogen-bond donors (Lipinski definition) is 2. The number of aryl methyl sites for hydroxylation is 3. The highest BCUT2D eigenvalue weighted by Crippen LogP contribution is 2.18. The summed E-state index contributed by atoms with van der Waals surface area (Å²) in [5.74, 6) is 0. The second-order valence-corrected chi connectivity index (χ2v) is 6.58. The molecule has 1 aromatic heterocycles. The highest BCUT2D eigenvalue weighted by Gasteiger charge is 2.05. The number of aromatic nitrogens is 1. The topological polar surface area (TPSA) is 44.9 Å². The summed E-state index contributed by atoms with van der Waals surface area (Å²) >= 11 is 0. The van der Waals surface area contributed by atoms with Gasteiger partial charge in [-0.15, -0.1) is 0 Å². The SMILES string of the molecule is Cc1cccc(CCNCc2cc3c(C)cc(C)cc3[nH]c2=O)c1. The third kappa shape index (κ3) is 3.74. The number of nitrogens with one attached hydrogen (secondary N) is 2. The highest BCUT2D eigenvalue weighted by molar-refractivity contribution is 5.83. The van der Waals surface area contributed by atoms with Gasteiger partial charge in [0.1, 0.15) is 0 Å². The standard InChI is InChI=1S/C21H24N2O/c1-14-5-4-6-17(10-14)7-8-22-13-18-12-19-16(3)9-15(2)11-20(19)23-21(18)24/h4-6,9-12,22H,7-8,13H2,1-3H3,(H,23,24). The quantitative estimate of drug-likeness (QED) is 0.703. The fourth-order valence-electron chi connectivity index (χ4n) is 3.17. The van der Waals surface area contributed by atoms with Crippen LogP contribution in [0.15, 0.2) is 47.3 Å². The van der Waals surface area contributed by atoms with Crippen LogP contribution in [0.4, 0.5) is 0 Å². The van der Waals surface area contributed by atoms with Crippen LogP contribution in [-0.4, -0.2) is 11.5 Å². The van der Waals surface area contributed by atoms with Crippen LogP contribution in [0.3, 0.4) is 0 Å². The molecule has 3 aromatic rings. The molecule has 0 fully saturated rings. The van der Waals surface area contributed by atoms with Crippen molar-refractivity contribution in [1.29, 1.82) is 0 Å². The van der Waals surface area contributed by atoms with Gasteiger partial charge in [0.05, 0.1) is 0 Å². The third-order valence-electron chi connectivity index (χ3n) is 4.38. The lowest BCUT2D eigenvalue weighted by atomic mass is 10.0. The minimum absolute atomic E-state index is 0.00412. The molecule has 24 heavy (non-hydrogen) atoms. The molecule has 3 rings (SSSR count). The maximum absolute atomic E-state index is 12.3. The van der Waals surface area contributed by atoms with Crippen molar-refractivity contribution < 1.29 is 0 Å². The van der Waals surface area contributed by atoms with Gasteiger partial charge >= 0.3 is 0 Å². The highest BCUT2D eigenvalue weighted by atomic mass is 16.1. The Balaban J connectivity index is 1.69. The van der Waals surface area contributed by atoms with Gasteiger partial charge in [-0.05, 0) is 62.6 Å². The fraction of sp³-hybridized carbons (Fsp3) is 0.286. The van der Waals surface area contributed by atoms with Crippen molar-refractivity contribution >= 4 is 10.9 Å². The summed E-state index contributed by atoms with van der Waals surface area (Å²) in [6.07, 6.45) is 0.964. The Kier molecular flexibility index (Phi) is 4.81. The number of benzene rings is 2. The average molecular weight is 320 g/mol. The summed E-state index contributed by atoms with van der Waals surface area (Å²) in [5.41, 5.74) is 6.67. The van der Waals surface area contributed by atoms with Crippen molar-refractivity contribution in [2.75, 3.05) is 6.54 Å². The van der Waals surface area contributed by atoms with Crippen LogP contribution in [0.2, 0.25) is 0 Å². The summed E-state index contributed by atoms with van der Waals surface area (Å²) in [7, 11) is 0. The molecule has 124 valence electrons. The first-order valence-electron chi connectivity index (χ1n) is 8.42. The number of pyridine rings is 1. The van der Waals surface area contributed by atoms with Gasteiger partial charge in [0, 0.05) is 23.0 Å². The van der Waals surface area contributed by atoms with Gasteiger partial charge in [0.25, 0.3) is 5.56 Å². The molecular formula is C21H24N2O. The minimum atomic E-state index is -0.00412. The normalized spacial score (nSPS) is 11.1. The number of fused-ring (bicyclic) bond motifs is 1. The van der Waals surface area contributed by atoms with E-state index in [1.54, 1.807) is 0 Å². The molecule has 0 aliphatic rings. The van der Waals surface area contributed by atoms with E-state index in [2.05, 4.69) is 54.5 Å². The molecule has 0 spiro atoms. The molecule has 0 aliphatic heterocycles. The lowest BCUT2D eigenvalue weighted by molar-refractivity contribution is 0.682. The smallest absolute Gasteiger partial charge is 0.252 e. The predicted molar refractivity (Wildman–Crippen MR) is 101 cm³/mol. The summed E-state index contributed by atoms with van der Waals surface area (Å²) < 4.78 is 0. The van der Waals surface area contributed by atoms with Crippen molar-refractivity contribution in [3.05, 3.63) is 80.6 Å². The Morgan fingerprint density at radius 3 is 2.62 bits per heavy atom. The second kappa shape index (κ2) is 7.02. The Morgan fingerprint density at radius 1 is 1.00 bits per heavy atom. The van der Waals surface area contributed by atoms with E-state index in [0.29, 0.717) is 6.54 Å². The van der Waals surface area contributed by atoms with E-state index in [4.69, 9.17) is 0 Å². The van der Waals surface area contributed by atoms with E-state index in [-0.39, 0.29) is 5.56 Å².